The number of para-hydroxylation sites is 2. The predicted molar refractivity (Wildman–Crippen MR) is 112 cm³/mol. The van der Waals surface area contributed by atoms with E-state index in [9.17, 15) is 9.59 Å². The van der Waals surface area contributed by atoms with E-state index in [-0.39, 0.29) is 18.2 Å². The molecule has 1 aromatic carbocycles. The molecule has 1 atom stereocenters. The molecule has 2 amide bonds. The van der Waals surface area contributed by atoms with Crippen LogP contribution in [0.25, 0.3) is 0 Å². The normalized spacial score (nSPS) is 11.7. The van der Waals surface area contributed by atoms with Crippen molar-refractivity contribution in [3.8, 4) is 5.75 Å². The average molecular weight is 433 g/mol. The molecule has 2 aromatic heterocycles. The van der Waals surface area contributed by atoms with Crippen LogP contribution in [0, 0.1) is 0 Å². The first kappa shape index (κ1) is 20.8. The minimum atomic E-state index is -0.406. The van der Waals surface area contributed by atoms with Crippen LogP contribution in [0.4, 0.5) is 10.8 Å². The largest absolute Gasteiger partial charge is 0.495 e. The van der Waals surface area contributed by atoms with Gasteiger partial charge in [-0.25, -0.2) is 4.98 Å². The highest BCUT2D eigenvalue weighted by molar-refractivity contribution is 8.00. The summed E-state index contributed by atoms with van der Waals surface area (Å²) in [6.45, 7) is 1.77. The minimum absolute atomic E-state index is 0.0435. The Morgan fingerprint density at radius 3 is 2.79 bits per heavy atom. The number of anilines is 2. The number of thioether (sulfide) groups is 1. The van der Waals surface area contributed by atoms with Gasteiger partial charge in [0.1, 0.15) is 11.6 Å². The second-order valence-electron chi connectivity index (χ2n) is 5.97. The lowest BCUT2D eigenvalue weighted by atomic mass is 10.2. The molecule has 0 aliphatic heterocycles. The molecular weight excluding hydrogens is 412 g/mol. The van der Waals surface area contributed by atoms with Gasteiger partial charge in [-0.2, -0.15) is 0 Å². The van der Waals surface area contributed by atoms with Crippen molar-refractivity contribution in [3.05, 3.63) is 41.7 Å². The lowest BCUT2D eigenvalue weighted by molar-refractivity contribution is -0.116. The first-order valence-corrected chi connectivity index (χ1v) is 10.4. The third-order valence-electron chi connectivity index (χ3n) is 3.94. The van der Waals surface area contributed by atoms with Gasteiger partial charge in [0.2, 0.25) is 11.8 Å². The smallest absolute Gasteiger partial charge is 0.239 e. The summed E-state index contributed by atoms with van der Waals surface area (Å²) in [6.07, 6.45) is 1.67. The van der Waals surface area contributed by atoms with Crippen LogP contribution in [0.2, 0.25) is 0 Å². The zero-order chi connectivity index (χ0) is 20.8. The van der Waals surface area contributed by atoms with E-state index in [1.165, 1.54) is 23.1 Å². The minimum Gasteiger partial charge on any atom is -0.495 e. The van der Waals surface area contributed by atoms with Crippen LogP contribution in [0.15, 0.2) is 41.0 Å². The number of nitrogens with one attached hydrogen (secondary N) is 2. The zero-order valence-corrected chi connectivity index (χ0v) is 17.7. The molecule has 9 nitrogen and oxygen atoms in total. The summed E-state index contributed by atoms with van der Waals surface area (Å²) in [6, 6.07) is 7.17. The number of benzene rings is 1. The van der Waals surface area contributed by atoms with Gasteiger partial charge in [-0.05, 0) is 19.1 Å². The van der Waals surface area contributed by atoms with Crippen molar-refractivity contribution in [2.24, 2.45) is 7.05 Å². The Labute approximate surface area is 175 Å². The van der Waals surface area contributed by atoms with E-state index in [1.807, 2.05) is 12.1 Å². The first-order chi connectivity index (χ1) is 14.0. The van der Waals surface area contributed by atoms with Gasteiger partial charge in [0.25, 0.3) is 0 Å². The highest BCUT2D eigenvalue weighted by atomic mass is 32.2. The third-order valence-corrected chi connectivity index (χ3v) is 5.76. The summed E-state index contributed by atoms with van der Waals surface area (Å²) in [5.41, 5.74) is 0.587. The number of amides is 2. The number of carbonyl (C=O) groups is 2. The Hall–Kier alpha value is -2.92. The molecule has 0 spiro atoms. The maximum atomic E-state index is 12.4. The van der Waals surface area contributed by atoms with Gasteiger partial charge in [0, 0.05) is 18.6 Å². The maximum absolute atomic E-state index is 12.4. The number of hydrogen-bond acceptors (Lipinski definition) is 8. The summed E-state index contributed by atoms with van der Waals surface area (Å²) in [5.74, 6) is 0.655. The van der Waals surface area contributed by atoms with E-state index < -0.39 is 5.25 Å². The highest BCUT2D eigenvalue weighted by Crippen LogP contribution is 2.25. The molecule has 0 saturated heterocycles. The fourth-order valence-electron chi connectivity index (χ4n) is 2.39. The van der Waals surface area contributed by atoms with Crippen molar-refractivity contribution < 1.29 is 14.3 Å². The molecule has 0 aliphatic carbocycles. The number of rotatable bonds is 8. The van der Waals surface area contributed by atoms with Crippen molar-refractivity contribution in [2.45, 2.75) is 23.8 Å². The molecule has 1 unspecified atom stereocenters. The van der Waals surface area contributed by atoms with Crippen molar-refractivity contribution in [2.75, 3.05) is 17.7 Å². The van der Waals surface area contributed by atoms with Crippen LogP contribution >= 0.6 is 23.1 Å². The van der Waals surface area contributed by atoms with Gasteiger partial charge in [-0.1, -0.05) is 23.9 Å². The monoisotopic (exact) mass is 432 g/mol. The van der Waals surface area contributed by atoms with E-state index in [0.717, 1.165) is 0 Å². The summed E-state index contributed by atoms with van der Waals surface area (Å²) in [4.78, 5) is 28.7. The average Bonchev–Trinajstić information content (AvgIpc) is 3.33. The number of aromatic nitrogens is 4. The van der Waals surface area contributed by atoms with Gasteiger partial charge in [-0.15, -0.1) is 21.5 Å². The second kappa shape index (κ2) is 9.52. The molecule has 3 rings (SSSR count). The Morgan fingerprint density at radius 2 is 2.07 bits per heavy atom. The van der Waals surface area contributed by atoms with Crippen LogP contribution in [-0.2, 0) is 23.1 Å². The molecule has 0 saturated carbocycles. The van der Waals surface area contributed by atoms with Gasteiger partial charge in [0.15, 0.2) is 10.3 Å². The number of hydrogen-bond donors (Lipinski definition) is 2. The second-order valence-corrected chi connectivity index (χ2v) is 8.17. The summed E-state index contributed by atoms with van der Waals surface area (Å²) < 4.78 is 6.94. The molecule has 152 valence electrons. The highest BCUT2D eigenvalue weighted by Gasteiger charge is 2.20. The molecule has 2 heterocycles. The van der Waals surface area contributed by atoms with Crippen LogP contribution in [0.5, 0.6) is 5.75 Å². The molecular formula is C18H20N6O3S2. The van der Waals surface area contributed by atoms with Gasteiger partial charge in [-0.3, -0.25) is 9.59 Å². The Kier molecular flexibility index (Phi) is 6.83. The quantitative estimate of drug-likeness (QED) is 0.526. The molecule has 0 aliphatic rings. The molecule has 0 bridgehead atoms. The van der Waals surface area contributed by atoms with Crippen LogP contribution in [0.1, 0.15) is 12.7 Å². The molecule has 2 N–H and O–H groups in total. The summed E-state index contributed by atoms with van der Waals surface area (Å²) in [5, 5.41) is 16.2. The molecule has 29 heavy (non-hydrogen) atoms. The van der Waals surface area contributed by atoms with Gasteiger partial charge < -0.3 is 19.9 Å². The SMILES string of the molecule is COc1ccccc1NC(=O)Cc1nnc(SC(C)C(=O)Nc2nccs2)n1C. The number of thiazole rings is 1. The number of methoxy groups -OCH3 is 1. The Morgan fingerprint density at radius 1 is 1.28 bits per heavy atom. The van der Waals surface area contributed by atoms with Crippen molar-refractivity contribution in [1.29, 1.82) is 0 Å². The maximum Gasteiger partial charge on any atom is 0.239 e. The molecule has 3 aromatic rings. The standard InChI is InChI=1S/C18H20N6O3S2/c1-11(16(26)21-17-19-8-9-28-17)29-18-23-22-14(24(18)2)10-15(25)20-12-6-4-5-7-13(12)27-3/h4-9,11H,10H2,1-3H3,(H,20,25)(H,19,21,26). The van der Waals surface area contributed by atoms with Gasteiger partial charge >= 0.3 is 0 Å². The number of nitrogens with zero attached hydrogens (tertiary/aromatic N) is 4. The van der Waals surface area contributed by atoms with Crippen molar-refractivity contribution in [1.82, 2.24) is 19.7 Å². The lowest BCUT2D eigenvalue weighted by Crippen LogP contribution is -2.22. The van der Waals surface area contributed by atoms with E-state index in [4.69, 9.17) is 4.74 Å². The predicted octanol–water partition coefficient (Wildman–Crippen LogP) is 2.58. The molecule has 0 fully saturated rings. The van der Waals surface area contributed by atoms with E-state index in [2.05, 4.69) is 25.8 Å². The number of ether oxygens (including phenoxy) is 1. The first-order valence-electron chi connectivity index (χ1n) is 8.66. The Bertz CT molecular complexity index is 989. The third kappa shape index (κ3) is 5.33. The summed E-state index contributed by atoms with van der Waals surface area (Å²) in [7, 11) is 3.31. The van der Waals surface area contributed by atoms with E-state index >= 15 is 0 Å². The van der Waals surface area contributed by atoms with Crippen LogP contribution in [0.3, 0.4) is 0 Å². The van der Waals surface area contributed by atoms with Crippen LogP contribution < -0.4 is 15.4 Å². The fourth-order valence-corrected chi connectivity index (χ4v) is 3.76. The summed E-state index contributed by atoms with van der Waals surface area (Å²) >= 11 is 2.61. The zero-order valence-electron chi connectivity index (χ0n) is 16.1. The molecule has 0 radical (unpaired) electrons. The molecule has 11 heteroatoms. The van der Waals surface area contributed by atoms with E-state index in [0.29, 0.717) is 27.5 Å². The van der Waals surface area contributed by atoms with Crippen LogP contribution in [-0.4, -0.2) is 43.9 Å². The van der Waals surface area contributed by atoms with E-state index in [1.54, 1.807) is 49.4 Å². The lowest BCUT2D eigenvalue weighted by Gasteiger charge is -2.11. The van der Waals surface area contributed by atoms with Crippen molar-refractivity contribution in [3.63, 3.8) is 0 Å². The number of carbonyl (C=O) groups excluding carboxylic acids is 2. The fraction of sp³-hybridized carbons (Fsp3) is 0.278. The van der Waals surface area contributed by atoms with Gasteiger partial charge in [0.05, 0.1) is 24.5 Å². The topological polar surface area (TPSA) is 111 Å². The van der Waals surface area contributed by atoms with Crippen molar-refractivity contribution >= 4 is 45.7 Å². The Balaban J connectivity index is 1.60.